The molecule has 0 unspecified atom stereocenters. The van der Waals surface area contributed by atoms with Crippen molar-refractivity contribution < 1.29 is 19.1 Å². The summed E-state index contributed by atoms with van der Waals surface area (Å²) in [7, 11) is 0. The fourth-order valence-electron chi connectivity index (χ4n) is 4.21. The summed E-state index contributed by atoms with van der Waals surface area (Å²) in [6, 6.07) is 6.61. The predicted octanol–water partition coefficient (Wildman–Crippen LogP) is 4.29. The Labute approximate surface area is 209 Å². The molecule has 9 heteroatoms. The van der Waals surface area contributed by atoms with Gasteiger partial charge in [-0.1, -0.05) is 32.0 Å². The first-order valence-electron chi connectivity index (χ1n) is 11.8. The van der Waals surface area contributed by atoms with Crippen LogP contribution in [0.1, 0.15) is 61.2 Å². The Bertz CT molecular complexity index is 1320. The lowest BCUT2D eigenvalue weighted by molar-refractivity contribution is -0.138. The number of aryl methyl sites for hydroxylation is 3. The van der Waals surface area contributed by atoms with Gasteiger partial charge in [0.05, 0.1) is 18.7 Å². The Balaban J connectivity index is 2.04. The van der Waals surface area contributed by atoms with Crippen LogP contribution >= 0.6 is 0 Å². The Morgan fingerprint density at radius 2 is 1.81 bits per heavy atom. The summed E-state index contributed by atoms with van der Waals surface area (Å²) >= 11 is 0. The molecule has 2 atom stereocenters. The van der Waals surface area contributed by atoms with Gasteiger partial charge in [-0.05, 0) is 55.9 Å². The van der Waals surface area contributed by atoms with Crippen LogP contribution in [0, 0.1) is 32.5 Å². The molecule has 3 rings (SSSR count). The third kappa shape index (κ3) is 6.21. The highest BCUT2D eigenvalue weighted by Crippen LogP contribution is 2.27. The topological polar surface area (TPSA) is 114 Å². The van der Waals surface area contributed by atoms with Gasteiger partial charge < -0.3 is 15.0 Å². The number of amides is 1. The van der Waals surface area contributed by atoms with E-state index >= 15 is 0 Å². The molecule has 2 aromatic heterocycles. The van der Waals surface area contributed by atoms with Gasteiger partial charge in [0, 0.05) is 17.8 Å². The van der Waals surface area contributed by atoms with E-state index < -0.39 is 36.2 Å². The minimum atomic E-state index is -1.27. The van der Waals surface area contributed by atoms with Gasteiger partial charge in [-0.3, -0.25) is 14.4 Å². The van der Waals surface area contributed by atoms with Crippen molar-refractivity contribution in [3.63, 3.8) is 0 Å². The van der Waals surface area contributed by atoms with E-state index in [4.69, 9.17) is 0 Å². The summed E-state index contributed by atoms with van der Waals surface area (Å²) in [5.41, 5.74) is 2.65. The van der Waals surface area contributed by atoms with Gasteiger partial charge in [-0.25, -0.2) is 14.4 Å². The van der Waals surface area contributed by atoms with Crippen molar-refractivity contribution in [2.75, 3.05) is 0 Å². The molecule has 2 N–H and O–H groups in total. The zero-order valence-corrected chi connectivity index (χ0v) is 21.1. The molecule has 0 fully saturated rings. The first-order valence-corrected chi connectivity index (χ1v) is 11.8. The van der Waals surface area contributed by atoms with Crippen LogP contribution in [0.15, 0.2) is 47.5 Å². The van der Waals surface area contributed by atoms with Crippen LogP contribution in [0.25, 0.3) is 11.4 Å². The molecule has 0 aliphatic rings. The summed E-state index contributed by atoms with van der Waals surface area (Å²) in [6.07, 6.45) is 2.26. The van der Waals surface area contributed by atoms with E-state index in [1.165, 1.54) is 10.6 Å². The van der Waals surface area contributed by atoms with Crippen LogP contribution in [0.3, 0.4) is 0 Å². The average Bonchev–Trinajstić information content (AvgIpc) is 2.78. The lowest BCUT2D eigenvalue weighted by atomic mass is 10.0. The Morgan fingerprint density at radius 3 is 2.39 bits per heavy atom. The van der Waals surface area contributed by atoms with E-state index in [0.29, 0.717) is 12.0 Å². The molecule has 8 nitrogen and oxygen atoms in total. The zero-order valence-electron chi connectivity index (χ0n) is 21.1. The smallest absolute Gasteiger partial charge is 0.305 e. The van der Waals surface area contributed by atoms with Gasteiger partial charge in [0.15, 0.2) is 11.6 Å². The van der Waals surface area contributed by atoms with Crippen LogP contribution in [0.5, 0.6) is 0 Å². The number of nitrogens with one attached hydrogen (secondary N) is 1. The molecular weight excluding hydrogens is 463 g/mol. The maximum absolute atomic E-state index is 15.0. The summed E-state index contributed by atoms with van der Waals surface area (Å²) in [6.45, 7) is 9.35. The average molecular weight is 495 g/mol. The van der Waals surface area contributed by atoms with E-state index in [0.717, 1.165) is 22.9 Å². The van der Waals surface area contributed by atoms with E-state index in [9.17, 15) is 23.9 Å². The fraction of sp³-hybridized carbons (Fsp3) is 0.370. The maximum atomic E-state index is 15.0. The quantitative estimate of drug-likeness (QED) is 0.459. The molecule has 0 radical (unpaired) electrons. The highest BCUT2D eigenvalue weighted by molar-refractivity contribution is 5.81. The molecule has 1 aromatic carbocycles. The van der Waals surface area contributed by atoms with Crippen molar-refractivity contribution in [3.8, 4) is 11.4 Å². The third-order valence-corrected chi connectivity index (χ3v) is 5.94. The first kappa shape index (κ1) is 26.7. The van der Waals surface area contributed by atoms with Crippen LogP contribution in [0.4, 0.5) is 4.39 Å². The summed E-state index contributed by atoms with van der Waals surface area (Å²) in [5, 5.41) is 12.2. The number of benzene rings is 1. The number of hydrogen-bond donors (Lipinski definition) is 2. The SMILES string of the molecule is Cc1ccn([C@H](CC(C)C)C(=O)N[C@@H](CC(=O)O)c2nc(-c3c(C)cccc3C)ncc2F)c(=O)c1. The normalized spacial score (nSPS) is 12.9. The summed E-state index contributed by atoms with van der Waals surface area (Å²) < 4.78 is 16.3. The van der Waals surface area contributed by atoms with Gasteiger partial charge >= 0.3 is 5.97 Å². The molecule has 0 spiro atoms. The van der Waals surface area contributed by atoms with Crippen molar-refractivity contribution in [2.45, 2.75) is 59.5 Å². The number of pyridine rings is 1. The molecule has 190 valence electrons. The van der Waals surface area contributed by atoms with Crippen molar-refractivity contribution in [2.24, 2.45) is 5.92 Å². The molecule has 0 aliphatic carbocycles. The Kier molecular flexibility index (Phi) is 8.34. The first-order chi connectivity index (χ1) is 17.0. The zero-order chi connectivity index (χ0) is 26.6. The van der Waals surface area contributed by atoms with Gasteiger partial charge in [0.1, 0.15) is 11.7 Å². The second-order valence-electron chi connectivity index (χ2n) is 9.45. The van der Waals surface area contributed by atoms with Gasteiger partial charge in [-0.2, -0.15) is 0 Å². The van der Waals surface area contributed by atoms with Crippen molar-refractivity contribution in [3.05, 3.63) is 81.3 Å². The van der Waals surface area contributed by atoms with Crippen LogP contribution in [-0.4, -0.2) is 31.5 Å². The summed E-state index contributed by atoms with van der Waals surface area (Å²) in [5.74, 6) is -2.37. The van der Waals surface area contributed by atoms with E-state index in [1.807, 2.05) is 45.9 Å². The summed E-state index contributed by atoms with van der Waals surface area (Å²) in [4.78, 5) is 46.2. The molecule has 36 heavy (non-hydrogen) atoms. The number of aliphatic carboxylic acids is 1. The number of nitrogens with zero attached hydrogens (tertiary/aromatic N) is 3. The second kappa shape index (κ2) is 11.2. The number of carboxylic acids is 1. The number of rotatable bonds is 9. The minimum absolute atomic E-state index is 0.0540. The highest BCUT2D eigenvalue weighted by Gasteiger charge is 2.29. The number of halogens is 1. The van der Waals surface area contributed by atoms with Crippen LogP contribution in [0.2, 0.25) is 0 Å². The molecule has 1 amide bonds. The number of carboxylic acid groups (broad SMARTS) is 1. The van der Waals surface area contributed by atoms with Crippen molar-refractivity contribution in [1.29, 1.82) is 0 Å². The minimum Gasteiger partial charge on any atom is -0.481 e. The fourth-order valence-corrected chi connectivity index (χ4v) is 4.21. The second-order valence-corrected chi connectivity index (χ2v) is 9.45. The van der Waals surface area contributed by atoms with E-state index in [1.54, 1.807) is 19.2 Å². The molecular formula is C27H31FN4O4. The monoisotopic (exact) mass is 494 g/mol. The Morgan fingerprint density at radius 1 is 1.14 bits per heavy atom. The van der Waals surface area contributed by atoms with Crippen LogP contribution < -0.4 is 10.9 Å². The van der Waals surface area contributed by atoms with E-state index in [-0.39, 0.29) is 23.0 Å². The maximum Gasteiger partial charge on any atom is 0.305 e. The highest BCUT2D eigenvalue weighted by atomic mass is 19.1. The van der Waals surface area contributed by atoms with Crippen molar-refractivity contribution in [1.82, 2.24) is 19.9 Å². The molecule has 3 aromatic rings. The third-order valence-electron chi connectivity index (χ3n) is 5.94. The molecule has 0 aliphatic heterocycles. The lowest BCUT2D eigenvalue weighted by Gasteiger charge is -2.25. The molecule has 0 saturated carbocycles. The largest absolute Gasteiger partial charge is 0.481 e. The predicted molar refractivity (Wildman–Crippen MR) is 134 cm³/mol. The number of aromatic nitrogens is 3. The van der Waals surface area contributed by atoms with Gasteiger partial charge in [0.25, 0.3) is 5.56 Å². The molecule has 0 bridgehead atoms. The number of carbonyl (C=O) groups excluding carboxylic acids is 1. The molecule has 0 saturated heterocycles. The lowest BCUT2D eigenvalue weighted by Crippen LogP contribution is -2.40. The standard InChI is InChI=1S/C27H31FN4O4/c1-15(2)11-21(32-10-9-16(3)12-22(32)33)27(36)30-20(13-23(34)35)25-19(28)14-29-26(31-25)24-17(4)7-6-8-18(24)5/h6-10,12,14-15,20-21H,11,13H2,1-5H3,(H,30,36)(H,34,35)/t20-,21+/m0/s1. The van der Waals surface area contributed by atoms with Gasteiger partial charge in [0.2, 0.25) is 5.91 Å². The Hall–Kier alpha value is -3.88. The number of hydrogen-bond acceptors (Lipinski definition) is 5. The van der Waals surface area contributed by atoms with Crippen LogP contribution in [-0.2, 0) is 9.59 Å². The van der Waals surface area contributed by atoms with Crippen molar-refractivity contribution >= 4 is 11.9 Å². The number of carbonyl (C=O) groups is 2. The van der Waals surface area contributed by atoms with Gasteiger partial charge in [-0.15, -0.1) is 0 Å². The van der Waals surface area contributed by atoms with E-state index in [2.05, 4.69) is 15.3 Å². The molecule has 2 heterocycles.